The van der Waals surface area contributed by atoms with E-state index in [4.69, 9.17) is 4.74 Å². The summed E-state index contributed by atoms with van der Waals surface area (Å²) in [6.07, 6.45) is 1.22. The summed E-state index contributed by atoms with van der Waals surface area (Å²) in [7, 11) is 0. The Hall–Kier alpha value is -3.61. The molecule has 0 aliphatic heterocycles. The summed E-state index contributed by atoms with van der Waals surface area (Å²) in [4.78, 5) is 0. The molecule has 0 aromatic heterocycles. The van der Waals surface area contributed by atoms with Crippen LogP contribution in [0.1, 0.15) is 24.5 Å². The molecule has 4 aromatic carbocycles. The number of rotatable bonds is 9. The van der Waals surface area contributed by atoms with E-state index in [1.807, 2.05) is 43.3 Å². The van der Waals surface area contributed by atoms with Gasteiger partial charge >= 0.3 is 6.61 Å². The van der Waals surface area contributed by atoms with Crippen LogP contribution in [0.5, 0.6) is 11.5 Å². The van der Waals surface area contributed by atoms with Crippen molar-refractivity contribution >= 4 is 10.8 Å². The van der Waals surface area contributed by atoms with E-state index in [-0.39, 0.29) is 18.4 Å². The standard InChI is InChI=1S/C28H23F5O2/c1-2-13-34-22-10-7-18(8-11-22)20-9-12-23-21(16-20)6-5-19(26(23)31)4-3-17-14-24(29)27(25(30)15-17)35-28(32)33/h5-12,14-16,28H,2-4,13H2,1H3. The van der Waals surface area contributed by atoms with Crippen molar-refractivity contribution in [3.8, 4) is 22.6 Å². The Balaban J connectivity index is 1.51. The first-order valence-electron chi connectivity index (χ1n) is 11.2. The lowest BCUT2D eigenvalue weighted by molar-refractivity contribution is -0.0546. The molecule has 0 atom stereocenters. The van der Waals surface area contributed by atoms with Gasteiger partial charge in [-0.25, -0.2) is 13.2 Å². The third-order valence-electron chi connectivity index (χ3n) is 5.64. The number of alkyl halides is 2. The Bertz CT molecular complexity index is 1300. The van der Waals surface area contributed by atoms with Crippen molar-refractivity contribution in [2.24, 2.45) is 0 Å². The molecule has 0 amide bonds. The summed E-state index contributed by atoms with van der Waals surface area (Å²) in [5, 5.41) is 1.16. The first kappa shape index (κ1) is 24.5. The molecule has 4 rings (SSSR count). The van der Waals surface area contributed by atoms with E-state index < -0.39 is 29.8 Å². The maximum absolute atomic E-state index is 15.2. The second kappa shape index (κ2) is 10.8. The van der Waals surface area contributed by atoms with E-state index in [2.05, 4.69) is 4.74 Å². The minimum Gasteiger partial charge on any atom is -0.494 e. The van der Waals surface area contributed by atoms with E-state index >= 15 is 4.39 Å². The molecule has 0 aliphatic carbocycles. The third-order valence-corrected chi connectivity index (χ3v) is 5.64. The maximum atomic E-state index is 15.2. The van der Waals surface area contributed by atoms with Crippen LogP contribution in [0.3, 0.4) is 0 Å². The molecule has 0 spiro atoms. The van der Waals surface area contributed by atoms with Gasteiger partial charge in [-0.15, -0.1) is 0 Å². The van der Waals surface area contributed by atoms with Crippen molar-refractivity contribution < 1.29 is 31.4 Å². The fourth-order valence-corrected chi connectivity index (χ4v) is 3.91. The lowest BCUT2D eigenvalue weighted by Gasteiger charge is -2.11. The summed E-state index contributed by atoms with van der Waals surface area (Å²) in [5.74, 6) is -3.19. The first-order chi connectivity index (χ1) is 16.9. The highest BCUT2D eigenvalue weighted by Crippen LogP contribution is 2.30. The van der Waals surface area contributed by atoms with Gasteiger partial charge in [0, 0.05) is 5.39 Å². The molecular weight excluding hydrogens is 463 g/mol. The smallest absolute Gasteiger partial charge is 0.387 e. The van der Waals surface area contributed by atoms with Gasteiger partial charge in [0.2, 0.25) is 0 Å². The quantitative estimate of drug-likeness (QED) is 0.223. The minimum atomic E-state index is -3.34. The average Bonchev–Trinajstić information content (AvgIpc) is 2.84. The van der Waals surface area contributed by atoms with Gasteiger partial charge in [0.15, 0.2) is 17.4 Å². The van der Waals surface area contributed by atoms with E-state index in [1.54, 1.807) is 18.2 Å². The Kier molecular flexibility index (Phi) is 7.54. The Morgan fingerprint density at radius 2 is 1.46 bits per heavy atom. The van der Waals surface area contributed by atoms with Gasteiger partial charge in [0.25, 0.3) is 0 Å². The highest BCUT2D eigenvalue weighted by Gasteiger charge is 2.17. The Labute approximate surface area is 199 Å². The number of fused-ring (bicyclic) bond motifs is 1. The second-order valence-corrected chi connectivity index (χ2v) is 8.11. The molecule has 182 valence electrons. The molecule has 0 saturated carbocycles. The fourth-order valence-electron chi connectivity index (χ4n) is 3.91. The van der Waals surface area contributed by atoms with Gasteiger partial charge < -0.3 is 9.47 Å². The minimum absolute atomic E-state index is 0.121. The van der Waals surface area contributed by atoms with Crippen molar-refractivity contribution in [1.29, 1.82) is 0 Å². The largest absolute Gasteiger partial charge is 0.494 e. The molecule has 0 radical (unpaired) electrons. The summed E-state index contributed by atoms with van der Waals surface area (Å²) in [5.41, 5.74) is 2.51. The van der Waals surface area contributed by atoms with Gasteiger partial charge in [-0.05, 0) is 77.2 Å². The van der Waals surface area contributed by atoms with Crippen LogP contribution in [0, 0.1) is 17.5 Å². The Morgan fingerprint density at radius 1 is 0.771 bits per heavy atom. The molecule has 0 heterocycles. The third kappa shape index (κ3) is 5.73. The van der Waals surface area contributed by atoms with E-state index in [0.717, 1.165) is 40.8 Å². The molecule has 0 unspecified atom stereocenters. The number of hydrogen-bond donors (Lipinski definition) is 0. The number of hydrogen-bond acceptors (Lipinski definition) is 2. The predicted molar refractivity (Wildman–Crippen MR) is 126 cm³/mol. The highest BCUT2D eigenvalue weighted by atomic mass is 19.3. The molecule has 7 heteroatoms. The van der Waals surface area contributed by atoms with Crippen LogP contribution in [0.15, 0.2) is 66.7 Å². The molecule has 0 saturated heterocycles. The molecule has 0 bridgehead atoms. The molecule has 4 aromatic rings. The molecule has 35 heavy (non-hydrogen) atoms. The molecule has 2 nitrogen and oxygen atoms in total. The van der Waals surface area contributed by atoms with Gasteiger partial charge in [0.1, 0.15) is 11.6 Å². The monoisotopic (exact) mass is 486 g/mol. The van der Waals surface area contributed by atoms with Crippen molar-refractivity contribution in [2.75, 3.05) is 6.61 Å². The van der Waals surface area contributed by atoms with Crippen LogP contribution in [0.4, 0.5) is 22.0 Å². The second-order valence-electron chi connectivity index (χ2n) is 8.11. The zero-order valence-corrected chi connectivity index (χ0v) is 19.0. The van der Waals surface area contributed by atoms with E-state index in [9.17, 15) is 17.6 Å². The lowest BCUT2D eigenvalue weighted by atomic mass is 9.97. The summed E-state index contributed by atoms with van der Waals surface area (Å²) in [6.45, 7) is -0.644. The molecule has 0 N–H and O–H groups in total. The van der Waals surface area contributed by atoms with Crippen LogP contribution >= 0.6 is 0 Å². The number of aryl methyl sites for hydroxylation is 2. The van der Waals surface area contributed by atoms with Crippen LogP contribution in [0.25, 0.3) is 21.9 Å². The highest BCUT2D eigenvalue weighted by molar-refractivity contribution is 5.88. The van der Waals surface area contributed by atoms with Crippen LogP contribution in [-0.2, 0) is 12.8 Å². The zero-order chi connectivity index (χ0) is 24.9. The summed E-state index contributed by atoms with van der Waals surface area (Å²) >= 11 is 0. The number of ether oxygens (including phenoxy) is 2. The predicted octanol–water partition coefficient (Wildman–Crippen LogP) is 8.10. The van der Waals surface area contributed by atoms with Crippen LogP contribution in [-0.4, -0.2) is 13.2 Å². The van der Waals surface area contributed by atoms with Crippen molar-refractivity contribution in [2.45, 2.75) is 32.8 Å². The zero-order valence-electron chi connectivity index (χ0n) is 19.0. The van der Waals surface area contributed by atoms with Crippen LogP contribution < -0.4 is 9.47 Å². The van der Waals surface area contributed by atoms with Crippen molar-refractivity contribution in [1.82, 2.24) is 0 Å². The SMILES string of the molecule is CCCOc1ccc(-c2ccc3c(F)c(CCc4cc(F)c(OC(F)F)c(F)c4)ccc3c2)cc1. The van der Waals surface area contributed by atoms with Gasteiger partial charge in [-0.3, -0.25) is 0 Å². The maximum Gasteiger partial charge on any atom is 0.387 e. The average molecular weight is 486 g/mol. The van der Waals surface area contributed by atoms with Crippen molar-refractivity contribution in [3.63, 3.8) is 0 Å². The molecule has 0 aliphatic rings. The molecular formula is C28H23F5O2. The van der Waals surface area contributed by atoms with E-state index in [1.165, 1.54) is 0 Å². The van der Waals surface area contributed by atoms with Crippen molar-refractivity contribution in [3.05, 3.63) is 95.3 Å². The normalized spacial score (nSPS) is 11.3. The summed E-state index contributed by atoms with van der Waals surface area (Å²) in [6, 6.07) is 18.4. The topological polar surface area (TPSA) is 18.5 Å². The van der Waals surface area contributed by atoms with Crippen LogP contribution in [0.2, 0.25) is 0 Å². The van der Waals surface area contributed by atoms with E-state index in [0.29, 0.717) is 17.6 Å². The summed E-state index contributed by atoms with van der Waals surface area (Å²) < 4.78 is 77.2. The number of benzene rings is 4. The van der Waals surface area contributed by atoms with Gasteiger partial charge in [-0.1, -0.05) is 43.3 Å². The molecule has 0 fully saturated rings. The Morgan fingerprint density at radius 3 is 2.11 bits per heavy atom. The first-order valence-corrected chi connectivity index (χ1v) is 11.2. The van der Waals surface area contributed by atoms with Gasteiger partial charge in [-0.2, -0.15) is 8.78 Å². The number of halogens is 5. The fraction of sp³-hybridized carbons (Fsp3) is 0.214. The lowest BCUT2D eigenvalue weighted by Crippen LogP contribution is -2.06. The van der Waals surface area contributed by atoms with Gasteiger partial charge in [0.05, 0.1) is 6.61 Å².